The normalized spacial score (nSPS) is 23.1. The zero-order valence-corrected chi connectivity index (χ0v) is 9.96. The lowest BCUT2D eigenvalue weighted by Crippen LogP contribution is -2.36. The topological polar surface area (TPSA) is 55.1 Å². The van der Waals surface area contributed by atoms with E-state index < -0.39 is 23.1 Å². The summed E-state index contributed by atoms with van der Waals surface area (Å²) < 4.78 is 26.7. The molecule has 2 atom stereocenters. The van der Waals surface area contributed by atoms with Crippen LogP contribution in [-0.4, -0.2) is 18.5 Å². The maximum absolute atomic E-state index is 13.4. The molecule has 98 valence electrons. The summed E-state index contributed by atoms with van der Waals surface area (Å²) in [5.41, 5.74) is 5.34. The Morgan fingerprint density at radius 2 is 2.00 bits per heavy atom. The Morgan fingerprint density at radius 3 is 2.56 bits per heavy atom. The fourth-order valence-corrected chi connectivity index (χ4v) is 2.35. The first kappa shape index (κ1) is 13.0. The zero-order valence-electron chi connectivity index (χ0n) is 9.96. The molecule has 3 N–H and O–H groups in total. The standard InChI is InChI=1S/C13H16F2N2O/c14-9-4-2-5-10(15)12(9)13(18)17-7-8-3-1-6-11(8)16/h2,4-5,8,11H,1,3,6-7,16H2,(H,17,18). The second-order valence-corrected chi connectivity index (χ2v) is 4.66. The Labute approximate surface area is 104 Å². The number of rotatable bonds is 3. The van der Waals surface area contributed by atoms with Crippen LogP contribution in [0.15, 0.2) is 18.2 Å². The third kappa shape index (κ3) is 2.67. The minimum Gasteiger partial charge on any atom is -0.352 e. The van der Waals surface area contributed by atoms with Crippen molar-refractivity contribution in [3.63, 3.8) is 0 Å². The van der Waals surface area contributed by atoms with Crippen LogP contribution in [0.5, 0.6) is 0 Å². The Morgan fingerprint density at radius 1 is 1.33 bits per heavy atom. The Bertz CT molecular complexity index is 430. The van der Waals surface area contributed by atoms with Crippen molar-refractivity contribution in [2.45, 2.75) is 25.3 Å². The number of nitrogens with one attached hydrogen (secondary N) is 1. The summed E-state index contributed by atoms with van der Waals surface area (Å²) in [6.07, 6.45) is 2.92. The molecular weight excluding hydrogens is 238 g/mol. The number of carbonyl (C=O) groups excluding carboxylic acids is 1. The summed E-state index contributed by atoms with van der Waals surface area (Å²) in [7, 11) is 0. The van der Waals surface area contributed by atoms with Crippen molar-refractivity contribution in [1.82, 2.24) is 5.32 Å². The van der Waals surface area contributed by atoms with Crippen LogP contribution in [0, 0.1) is 17.6 Å². The number of hydrogen-bond donors (Lipinski definition) is 2. The van der Waals surface area contributed by atoms with Gasteiger partial charge in [-0.3, -0.25) is 4.79 Å². The van der Waals surface area contributed by atoms with Crippen molar-refractivity contribution in [3.8, 4) is 0 Å². The van der Waals surface area contributed by atoms with E-state index in [2.05, 4.69) is 5.32 Å². The third-order valence-corrected chi connectivity index (χ3v) is 3.43. The van der Waals surface area contributed by atoms with E-state index in [-0.39, 0.29) is 12.0 Å². The first-order valence-corrected chi connectivity index (χ1v) is 6.07. The molecule has 1 saturated carbocycles. The highest BCUT2D eigenvalue weighted by Gasteiger charge is 2.25. The lowest BCUT2D eigenvalue weighted by Gasteiger charge is -2.16. The van der Waals surface area contributed by atoms with E-state index in [0.717, 1.165) is 31.4 Å². The van der Waals surface area contributed by atoms with E-state index >= 15 is 0 Å². The van der Waals surface area contributed by atoms with Gasteiger partial charge in [-0.25, -0.2) is 8.78 Å². The van der Waals surface area contributed by atoms with Gasteiger partial charge in [0.25, 0.3) is 5.91 Å². The van der Waals surface area contributed by atoms with Crippen LogP contribution in [0.3, 0.4) is 0 Å². The SMILES string of the molecule is NC1CCCC1CNC(=O)c1c(F)cccc1F. The van der Waals surface area contributed by atoms with Crippen molar-refractivity contribution < 1.29 is 13.6 Å². The fraction of sp³-hybridized carbons (Fsp3) is 0.462. The highest BCUT2D eigenvalue weighted by atomic mass is 19.1. The smallest absolute Gasteiger partial charge is 0.257 e. The quantitative estimate of drug-likeness (QED) is 0.864. The zero-order chi connectivity index (χ0) is 13.1. The van der Waals surface area contributed by atoms with E-state index in [4.69, 9.17) is 5.73 Å². The first-order chi connectivity index (χ1) is 8.59. The van der Waals surface area contributed by atoms with Crippen LogP contribution in [0.4, 0.5) is 8.78 Å². The Kier molecular flexibility index (Phi) is 3.91. The van der Waals surface area contributed by atoms with Gasteiger partial charge in [0, 0.05) is 12.6 Å². The maximum atomic E-state index is 13.4. The molecule has 1 aromatic rings. The lowest BCUT2D eigenvalue weighted by molar-refractivity contribution is 0.0938. The number of halogens is 2. The number of nitrogens with two attached hydrogens (primary N) is 1. The largest absolute Gasteiger partial charge is 0.352 e. The van der Waals surface area contributed by atoms with Gasteiger partial charge in [0.05, 0.1) is 0 Å². The van der Waals surface area contributed by atoms with Crippen LogP contribution < -0.4 is 11.1 Å². The molecule has 0 radical (unpaired) electrons. The molecule has 0 heterocycles. The van der Waals surface area contributed by atoms with Crippen molar-refractivity contribution in [2.24, 2.45) is 11.7 Å². The number of amides is 1. The molecule has 3 nitrogen and oxygen atoms in total. The van der Waals surface area contributed by atoms with Gasteiger partial charge in [-0.05, 0) is 30.9 Å². The van der Waals surface area contributed by atoms with Crippen molar-refractivity contribution in [1.29, 1.82) is 0 Å². The van der Waals surface area contributed by atoms with Gasteiger partial charge < -0.3 is 11.1 Å². The Balaban J connectivity index is 1.99. The summed E-state index contributed by atoms with van der Waals surface area (Å²) in [6.45, 7) is 0.369. The molecule has 18 heavy (non-hydrogen) atoms. The van der Waals surface area contributed by atoms with Crippen LogP contribution in [-0.2, 0) is 0 Å². The summed E-state index contributed by atoms with van der Waals surface area (Å²) in [4.78, 5) is 11.7. The molecule has 0 aliphatic heterocycles. The summed E-state index contributed by atoms with van der Waals surface area (Å²) >= 11 is 0. The molecule has 2 rings (SSSR count). The summed E-state index contributed by atoms with van der Waals surface area (Å²) in [5, 5.41) is 2.55. The van der Waals surface area contributed by atoms with Gasteiger partial charge in [0.15, 0.2) is 0 Å². The second kappa shape index (κ2) is 5.44. The maximum Gasteiger partial charge on any atom is 0.257 e. The van der Waals surface area contributed by atoms with Crippen molar-refractivity contribution in [2.75, 3.05) is 6.54 Å². The predicted molar refractivity (Wildman–Crippen MR) is 64.0 cm³/mol. The van der Waals surface area contributed by atoms with Crippen molar-refractivity contribution in [3.05, 3.63) is 35.4 Å². The monoisotopic (exact) mass is 254 g/mol. The average molecular weight is 254 g/mol. The summed E-state index contributed by atoms with van der Waals surface area (Å²) in [5.74, 6) is -2.21. The van der Waals surface area contributed by atoms with Crippen LogP contribution >= 0.6 is 0 Å². The van der Waals surface area contributed by atoms with E-state index in [1.54, 1.807) is 0 Å². The predicted octanol–water partition coefficient (Wildman–Crippen LogP) is 1.82. The second-order valence-electron chi connectivity index (χ2n) is 4.66. The first-order valence-electron chi connectivity index (χ1n) is 6.07. The van der Waals surface area contributed by atoms with Crippen LogP contribution in [0.2, 0.25) is 0 Å². The molecule has 1 aliphatic carbocycles. The van der Waals surface area contributed by atoms with E-state index in [1.165, 1.54) is 6.07 Å². The van der Waals surface area contributed by atoms with Crippen LogP contribution in [0.25, 0.3) is 0 Å². The molecule has 0 spiro atoms. The number of hydrogen-bond acceptors (Lipinski definition) is 2. The molecule has 2 unspecified atom stereocenters. The lowest BCUT2D eigenvalue weighted by atomic mass is 10.0. The number of benzene rings is 1. The molecular formula is C13H16F2N2O. The van der Waals surface area contributed by atoms with Gasteiger partial charge in [-0.15, -0.1) is 0 Å². The minimum atomic E-state index is -0.844. The highest BCUT2D eigenvalue weighted by molar-refractivity contribution is 5.94. The Hall–Kier alpha value is -1.49. The molecule has 1 fully saturated rings. The molecule has 1 amide bonds. The molecule has 0 saturated heterocycles. The van der Waals surface area contributed by atoms with Gasteiger partial charge in [-0.2, -0.15) is 0 Å². The number of carbonyl (C=O) groups is 1. The van der Waals surface area contributed by atoms with Crippen LogP contribution in [0.1, 0.15) is 29.6 Å². The molecule has 0 aromatic heterocycles. The molecule has 0 bridgehead atoms. The van der Waals surface area contributed by atoms with E-state index in [0.29, 0.717) is 6.54 Å². The third-order valence-electron chi connectivity index (χ3n) is 3.43. The van der Waals surface area contributed by atoms with Crippen molar-refractivity contribution >= 4 is 5.91 Å². The summed E-state index contributed by atoms with van der Waals surface area (Å²) in [6, 6.07) is 3.43. The van der Waals surface area contributed by atoms with Gasteiger partial charge in [0.1, 0.15) is 17.2 Å². The van der Waals surface area contributed by atoms with Gasteiger partial charge in [0.2, 0.25) is 0 Å². The van der Waals surface area contributed by atoms with E-state index in [1.807, 2.05) is 0 Å². The minimum absolute atomic E-state index is 0.0655. The van der Waals surface area contributed by atoms with Gasteiger partial charge >= 0.3 is 0 Å². The average Bonchev–Trinajstić information content (AvgIpc) is 2.72. The van der Waals surface area contributed by atoms with E-state index in [9.17, 15) is 13.6 Å². The van der Waals surface area contributed by atoms with Gasteiger partial charge in [-0.1, -0.05) is 12.5 Å². The highest BCUT2D eigenvalue weighted by Crippen LogP contribution is 2.23. The molecule has 1 aromatic carbocycles. The molecule has 1 aliphatic rings. The fourth-order valence-electron chi connectivity index (χ4n) is 2.35. The molecule has 5 heteroatoms.